The van der Waals surface area contributed by atoms with Gasteiger partial charge in [-0.3, -0.25) is 0 Å². The molecule has 0 bridgehead atoms. The van der Waals surface area contributed by atoms with Crippen LogP contribution in [0.1, 0.15) is 27.1 Å². The minimum atomic E-state index is -1.19. The summed E-state index contributed by atoms with van der Waals surface area (Å²) in [5.41, 5.74) is 0.303. The van der Waals surface area contributed by atoms with E-state index in [0.717, 1.165) is 19.5 Å². The molecule has 185 valence electrons. The Balaban J connectivity index is -0.000000102. The van der Waals surface area contributed by atoms with Crippen LogP contribution >= 0.6 is 24.4 Å². The third kappa shape index (κ3) is 22.2. The Morgan fingerprint density at radius 1 is 0.758 bits per heavy atom. The van der Waals surface area contributed by atoms with Gasteiger partial charge >= 0.3 is 17.1 Å². The van der Waals surface area contributed by atoms with Gasteiger partial charge in [0.25, 0.3) is 0 Å². The first-order valence-corrected chi connectivity index (χ1v) is 8.14. The summed E-state index contributed by atoms with van der Waals surface area (Å²) >= 11 is 7.40. The van der Waals surface area contributed by atoms with Crippen molar-refractivity contribution in [2.24, 2.45) is 0 Å². The molecular formula is C17H27MnN4O9S2+3. The first-order chi connectivity index (χ1) is 12.9. The molecule has 2 heterocycles. The van der Waals surface area contributed by atoms with Gasteiger partial charge in [-0.25, -0.2) is 9.13 Å². The standard InChI is InChI=1S/C15H14N2O4.2CNS.Mn.5H2O/c18-14(19)12-2-8-16(9-3-12)6-1-7-17-10-4-13(5-11-17)15(20)21;2*2-1-3;;;;;;/h2-5,8-11H,1,6-7H2;;;;5*1H2/q;2*-1;+2;;;;;/p+3. The third-order valence-electron chi connectivity index (χ3n) is 3.09. The van der Waals surface area contributed by atoms with Gasteiger partial charge in [-0.1, -0.05) is 24.4 Å². The molecule has 0 fully saturated rings. The number of isothiocyanates is 2. The molecule has 0 spiro atoms. The second-order valence-corrected chi connectivity index (χ2v) is 5.13. The number of carboxylic acids is 2. The van der Waals surface area contributed by atoms with E-state index in [9.17, 15) is 19.8 Å². The van der Waals surface area contributed by atoms with Crippen LogP contribution in [-0.2, 0) is 46.6 Å². The number of aromatic nitrogens is 2. The maximum atomic E-state index is 10.6. The van der Waals surface area contributed by atoms with Crippen molar-refractivity contribution in [1.29, 1.82) is 0 Å². The number of nitrogens with zero attached hydrogens (tertiary/aromatic N) is 4. The van der Waals surface area contributed by atoms with Crippen molar-refractivity contribution in [2.45, 2.75) is 19.5 Å². The number of thiocarbonyl (C=S) groups is 2. The van der Waals surface area contributed by atoms with Gasteiger partial charge < -0.3 is 58.0 Å². The number of rotatable bonds is 6. The summed E-state index contributed by atoms with van der Waals surface area (Å²) in [5.74, 6) is -2.38. The van der Waals surface area contributed by atoms with Crippen molar-refractivity contribution >= 4 is 46.7 Å². The smallest absolute Gasteiger partial charge is 0.753 e. The van der Waals surface area contributed by atoms with Crippen molar-refractivity contribution in [2.75, 3.05) is 0 Å². The molecule has 0 saturated carbocycles. The van der Waals surface area contributed by atoms with Gasteiger partial charge in [-0.05, 0) is 0 Å². The van der Waals surface area contributed by atoms with Crippen molar-refractivity contribution in [3.05, 3.63) is 71.0 Å². The fourth-order valence-electron chi connectivity index (χ4n) is 1.92. The third-order valence-corrected chi connectivity index (χ3v) is 3.09. The van der Waals surface area contributed by atoms with Crippen molar-refractivity contribution < 1.29 is 73.4 Å². The molecule has 0 aliphatic heterocycles. The molecule has 33 heavy (non-hydrogen) atoms. The Morgan fingerprint density at radius 3 is 1.15 bits per heavy atom. The Bertz CT molecular complexity index is 760. The molecule has 13 nitrogen and oxygen atoms in total. The molecule has 0 aliphatic rings. The van der Waals surface area contributed by atoms with E-state index < -0.39 is 11.9 Å². The van der Waals surface area contributed by atoms with Crippen LogP contribution in [0.15, 0.2) is 49.1 Å². The van der Waals surface area contributed by atoms with Crippen LogP contribution < -0.4 is 19.3 Å². The first kappa shape index (κ1) is 47.8. The molecule has 0 aliphatic carbocycles. The normalized spacial score (nSPS) is 7.03. The summed E-state index contributed by atoms with van der Waals surface area (Å²) in [5, 5.41) is 38.2. The van der Waals surface area contributed by atoms with E-state index in [1.54, 1.807) is 24.8 Å². The van der Waals surface area contributed by atoms with Gasteiger partial charge in [0, 0.05) is 35.4 Å². The summed E-state index contributed by atoms with van der Waals surface area (Å²) in [4.78, 5) is 21.2. The predicted molar refractivity (Wildman–Crippen MR) is 120 cm³/mol. The molecule has 16 heteroatoms. The van der Waals surface area contributed by atoms with Crippen LogP contribution in [0.3, 0.4) is 0 Å². The fraction of sp³-hybridized carbons (Fsp3) is 0.176. The maximum Gasteiger partial charge on any atom is 2.00 e. The Hall–Kier alpha value is -2.84. The summed E-state index contributed by atoms with van der Waals surface area (Å²) < 4.78 is 3.76. The monoisotopic (exact) mass is 550 g/mol. The van der Waals surface area contributed by atoms with Crippen molar-refractivity contribution in [1.82, 2.24) is 0 Å². The molecule has 2 aromatic rings. The van der Waals surface area contributed by atoms with E-state index in [1.807, 2.05) is 9.13 Å². The molecule has 13 N–H and O–H groups in total. The molecule has 0 atom stereocenters. The van der Waals surface area contributed by atoms with Crippen molar-refractivity contribution in [3.8, 4) is 0 Å². The number of aromatic carboxylic acids is 2. The van der Waals surface area contributed by atoms with E-state index in [0.29, 0.717) is 0 Å². The van der Waals surface area contributed by atoms with E-state index in [2.05, 4.69) is 24.4 Å². The minimum absolute atomic E-state index is 0. The average molecular weight is 550 g/mol. The zero-order chi connectivity index (χ0) is 20.7. The molecule has 0 unspecified atom stereocenters. The molecule has 1 radical (unpaired) electrons. The minimum Gasteiger partial charge on any atom is -0.753 e. The number of hydrogen-bond donors (Lipinski definition) is 0. The van der Waals surface area contributed by atoms with Crippen LogP contribution in [0, 0.1) is 0 Å². The van der Waals surface area contributed by atoms with Gasteiger partial charge in [0.05, 0.1) is 18.4 Å². The number of pyridine rings is 2. The number of carboxylic acid groups (broad SMARTS) is 2. The maximum absolute atomic E-state index is 10.6. The average Bonchev–Trinajstić information content (AvgIpc) is 2.64. The number of aryl methyl sites for hydroxylation is 2. The Kier molecular flexibility index (Phi) is 42.2. The van der Waals surface area contributed by atoms with Gasteiger partial charge in [0.1, 0.15) is 0 Å². The Labute approximate surface area is 210 Å². The summed E-state index contributed by atoms with van der Waals surface area (Å²) in [7, 11) is 0. The first-order valence-electron chi connectivity index (χ1n) is 7.33. The molecule has 0 amide bonds. The zero-order valence-electron chi connectivity index (χ0n) is 17.1. The largest absolute Gasteiger partial charge is 2.00 e. The van der Waals surface area contributed by atoms with E-state index >= 15 is 0 Å². The second-order valence-electron chi connectivity index (χ2n) is 4.76. The number of carbonyl (C=O) groups excluding carboxylic acids is 2. The Morgan fingerprint density at radius 2 is 0.970 bits per heavy atom. The van der Waals surface area contributed by atoms with Crippen LogP contribution in [0.4, 0.5) is 0 Å². The topological polar surface area (TPSA) is 295 Å². The molecule has 0 aromatic carbocycles. The number of hydrogen-bond acceptors (Lipinski definition) is 6. The molecular weight excluding hydrogens is 523 g/mol. The van der Waals surface area contributed by atoms with Crippen LogP contribution in [-0.4, -0.2) is 33.2 Å². The van der Waals surface area contributed by atoms with Gasteiger partial charge in [0.15, 0.2) is 37.9 Å². The second kappa shape index (κ2) is 29.2. The summed E-state index contributed by atoms with van der Waals surface area (Å²) in [6.45, 7) is 1.45. The summed E-state index contributed by atoms with van der Waals surface area (Å²) in [6.07, 6.45) is 7.58. The van der Waals surface area contributed by atoms with Crippen LogP contribution in [0.25, 0.3) is 10.8 Å². The fourth-order valence-corrected chi connectivity index (χ4v) is 1.92. The predicted octanol–water partition coefficient (Wildman–Crippen LogP) is -5.02. The number of carbonyl (C=O) groups is 2. The van der Waals surface area contributed by atoms with E-state index in [1.165, 1.54) is 34.6 Å². The van der Waals surface area contributed by atoms with E-state index in [4.69, 9.17) is 10.8 Å². The zero-order valence-corrected chi connectivity index (χ0v) is 19.9. The van der Waals surface area contributed by atoms with E-state index in [-0.39, 0.29) is 55.6 Å². The van der Waals surface area contributed by atoms with Crippen molar-refractivity contribution in [3.63, 3.8) is 0 Å². The van der Waals surface area contributed by atoms with Gasteiger partial charge in [-0.15, -0.1) is 0 Å². The molecule has 0 saturated heterocycles. The van der Waals surface area contributed by atoms with Crippen LogP contribution in [0.5, 0.6) is 0 Å². The quantitative estimate of drug-likeness (QED) is 0.111. The van der Waals surface area contributed by atoms with Crippen LogP contribution in [0.2, 0.25) is 0 Å². The molecule has 2 aromatic heterocycles. The summed E-state index contributed by atoms with van der Waals surface area (Å²) in [6, 6.07) is 5.99. The SMILES string of the molecule is O.O.O=C([O-])c1cc[n+](CCC[n+]2ccc(C(=O)[O-])cc2)cc1.[Mn+2].[N-]=C=S.[N-]=C=S.[OH3+].[OH3+].[OH3+]. The molecule has 2 rings (SSSR count). The van der Waals surface area contributed by atoms with Gasteiger partial charge in [0.2, 0.25) is 0 Å². The van der Waals surface area contributed by atoms with Gasteiger partial charge in [-0.2, -0.15) is 10.3 Å².